The number of hydrogen-bond acceptors (Lipinski definition) is 4. The number of aromatic nitrogens is 1. The Labute approximate surface area is 161 Å². The van der Waals surface area contributed by atoms with E-state index in [9.17, 15) is 19.1 Å². The molecular weight excluding hydrogens is 373 g/mol. The number of fused-ring (bicyclic) bond motifs is 2. The molecule has 0 amide bonds. The van der Waals surface area contributed by atoms with Crippen molar-refractivity contribution in [3.8, 4) is 0 Å². The van der Waals surface area contributed by atoms with Crippen LogP contribution in [-0.4, -0.2) is 34.6 Å². The highest BCUT2D eigenvalue weighted by Gasteiger charge is 2.54. The van der Waals surface area contributed by atoms with Gasteiger partial charge in [0, 0.05) is 19.1 Å². The fourth-order valence-corrected chi connectivity index (χ4v) is 4.64. The predicted molar refractivity (Wildman–Crippen MR) is 102 cm³/mol. The molecule has 0 radical (unpaired) electrons. The molecule has 2 saturated carbocycles. The minimum atomic E-state index is -1.28. The van der Waals surface area contributed by atoms with Gasteiger partial charge in [-0.25, -0.2) is 9.18 Å². The number of carboxylic acid groups (broad SMARTS) is 1. The Balaban J connectivity index is 0.00000180. The number of piperidine rings is 1. The van der Waals surface area contributed by atoms with Crippen LogP contribution in [0.5, 0.6) is 0 Å². The average Bonchev–Trinajstić information content (AvgIpc) is 3.47. The van der Waals surface area contributed by atoms with E-state index >= 15 is 0 Å². The number of carbonyl (C=O) groups is 1. The molecule has 0 spiro atoms. The van der Waals surface area contributed by atoms with E-state index in [4.69, 9.17) is 5.73 Å². The summed E-state index contributed by atoms with van der Waals surface area (Å²) in [4.78, 5) is 26.1. The zero-order valence-corrected chi connectivity index (χ0v) is 15.6. The maximum atomic E-state index is 15.0. The van der Waals surface area contributed by atoms with Crippen molar-refractivity contribution in [2.45, 2.75) is 31.7 Å². The van der Waals surface area contributed by atoms with Crippen molar-refractivity contribution < 1.29 is 14.3 Å². The molecule has 2 aliphatic carbocycles. The van der Waals surface area contributed by atoms with Gasteiger partial charge in [0.2, 0.25) is 0 Å². The topological polar surface area (TPSA) is 88.0 Å². The standard InChI is InChI=1S/C19H20FN3O3.ClH/c1-8-16-10(9-2-3-9)4-11(19(25)26)18(24)23(16)7-14(20)17(8)22-5-12-13(6-22)15(12)21;/h4,7,9,12-13,15H,2-3,5-6,21H2,1H3,(H,25,26);1H/t12-,13+,15?;. The fourth-order valence-electron chi connectivity index (χ4n) is 4.64. The van der Waals surface area contributed by atoms with Gasteiger partial charge in [-0.15, -0.1) is 12.4 Å². The first-order valence-electron chi connectivity index (χ1n) is 9.00. The summed E-state index contributed by atoms with van der Waals surface area (Å²) in [6.07, 6.45) is 3.08. The molecule has 6 nitrogen and oxygen atoms in total. The number of pyridine rings is 2. The van der Waals surface area contributed by atoms with Crippen LogP contribution in [0.15, 0.2) is 17.1 Å². The van der Waals surface area contributed by atoms with Crippen molar-refractivity contribution in [2.75, 3.05) is 18.0 Å². The summed E-state index contributed by atoms with van der Waals surface area (Å²) >= 11 is 0. The molecule has 3 heterocycles. The number of nitrogens with zero attached hydrogens (tertiary/aromatic N) is 2. The number of rotatable bonds is 3. The number of carboxylic acids is 1. The molecule has 5 rings (SSSR count). The van der Waals surface area contributed by atoms with E-state index in [1.54, 1.807) is 0 Å². The maximum absolute atomic E-state index is 15.0. The second kappa shape index (κ2) is 5.94. The van der Waals surface area contributed by atoms with Crippen LogP contribution >= 0.6 is 12.4 Å². The van der Waals surface area contributed by atoms with Crippen LogP contribution in [0.25, 0.3) is 5.52 Å². The van der Waals surface area contributed by atoms with Crippen LogP contribution in [0.4, 0.5) is 10.1 Å². The van der Waals surface area contributed by atoms with E-state index in [1.165, 1.54) is 10.5 Å². The smallest absolute Gasteiger partial charge is 0.341 e. The molecule has 1 saturated heterocycles. The molecule has 3 N–H and O–H groups in total. The lowest BCUT2D eigenvalue weighted by Crippen LogP contribution is -2.31. The van der Waals surface area contributed by atoms with Crippen molar-refractivity contribution in [1.82, 2.24) is 4.40 Å². The SMILES string of the molecule is Cc1c(N2C[C@@H]3C(N)[C@@H]3C2)c(F)cn2c(=O)c(C(=O)O)cc(C3CC3)c12.Cl. The third kappa shape index (κ3) is 2.56. The Morgan fingerprint density at radius 1 is 1.30 bits per heavy atom. The number of halogens is 2. The first kappa shape index (κ1) is 18.3. The van der Waals surface area contributed by atoms with E-state index in [2.05, 4.69) is 0 Å². The number of aryl methyl sites for hydroxylation is 1. The molecule has 0 aromatic carbocycles. The molecular formula is C19H21ClFN3O3. The van der Waals surface area contributed by atoms with Crippen LogP contribution in [0.1, 0.15) is 40.2 Å². The summed E-state index contributed by atoms with van der Waals surface area (Å²) in [5.41, 5.74) is 7.73. The molecule has 1 unspecified atom stereocenters. The number of nitrogens with two attached hydrogens (primary N) is 1. The second-order valence-corrected chi connectivity index (χ2v) is 7.88. The lowest BCUT2D eigenvalue weighted by Gasteiger charge is -2.26. The lowest BCUT2D eigenvalue weighted by atomic mass is 10.0. The van der Waals surface area contributed by atoms with Gasteiger partial charge in [-0.3, -0.25) is 9.20 Å². The largest absolute Gasteiger partial charge is 0.477 e. The second-order valence-electron chi connectivity index (χ2n) is 7.88. The Morgan fingerprint density at radius 3 is 2.48 bits per heavy atom. The monoisotopic (exact) mass is 393 g/mol. The van der Waals surface area contributed by atoms with Gasteiger partial charge in [0.25, 0.3) is 5.56 Å². The molecule has 0 bridgehead atoms. The van der Waals surface area contributed by atoms with Gasteiger partial charge in [-0.1, -0.05) is 0 Å². The number of aromatic carboxylic acids is 1. The summed E-state index contributed by atoms with van der Waals surface area (Å²) < 4.78 is 16.1. The van der Waals surface area contributed by atoms with E-state index in [0.29, 0.717) is 28.6 Å². The molecule has 27 heavy (non-hydrogen) atoms. The highest BCUT2D eigenvalue weighted by molar-refractivity contribution is 5.89. The molecule has 8 heteroatoms. The van der Waals surface area contributed by atoms with E-state index in [-0.39, 0.29) is 29.9 Å². The van der Waals surface area contributed by atoms with Gasteiger partial charge in [0.05, 0.1) is 17.4 Å². The van der Waals surface area contributed by atoms with Crippen LogP contribution in [-0.2, 0) is 0 Å². The van der Waals surface area contributed by atoms with Crippen LogP contribution < -0.4 is 16.2 Å². The summed E-state index contributed by atoms with van der Waals surface area (Å²) in [6, 6.07) is 1.71. The third-order valence-corrected chi connectivity index (χ3v) is 6.27. The predicted octanol–water partition coefficient (Wildman–Crippen LogP) is 2.14. The minimum Gasteiger partial charge on any atom is -0.477 e. The van der Waals surface area contributed by atoms with Crippen molar-refractivity contribution in [2.24, 2.45) is 17.6 Å². The molecule has 3 atom stereocenters. The molecule has 144 valence electrons. The molecule has 2 aromatic heterocycles. The summed E-state index contributed by atoms with van der Waals surface area (Å²) in [7, 11) is 0. The Kier molecular flexibility index (Phi) is 4.01. The summed E-state index contributed by atoms with van der Waals surface area (Å²) in [5, 5.41) is 9.35. The van der Waals surface area contributed by atoms with E-state index in [1.807, 2.05) is 11.8 Å². The van der Waals surface area contributed by atoms with E-state index in [0.717, 1.165) is 37.7 Å². The average molecular weight is 394 g/mol. The van der Waals surface area contributed by atoms with Gasteiger partial charge in [0.1, 0.15) is 5.56 Å². The van der Waals surface area contributed by atoms with Gasteiger partial charge in [0.15, 0.2) is 5.82 Å². The van der Waals surface area contributed by atoms with Gasteiger partial charge in [-0.05, 0) is 54.7 Å². The summed E-state index contributed by atoms with van der Waals surface area (Å²) in [5.74, 6) is -0.687. The molecule has 3 aliphatic rings. The normalized spacial score (nSPS) is 26.0. The maximum Gasteiger partial charge on any atom is 0.341 e. The van der Waals surface area contributed by atoms with Crippen LogP contribution in [0, 0.1) is 24.6 Å². The fraction of sp³-hybridized carbons (Fsp3) is 0.474. The highest BCUT2D eigenvalue weighted by atomic mass is 35.5. The molecule has 2 aromatic rings. The first-order chi connectivity index (χ1) is 12.4. The van der Waals surface area contributed by atoms with Crippen molar-refractivity contribution in [3.05, 3.63) is 45.1 Å². The molecule has 1 aliphatic heterocycles. The minimum absolute atomic E-state index is 0. The van der Waals surface area contributed by atoms with Gasteiger partial charge < -0.3 is 15.7 Å². The Hall–Kier alpha value is -2.12. The van der Waals surface area contributed by atoms with Crippen molar-refractivity contribution in [3.63, 3.8) is 0 Å². The van der Waals surface area contributed by atoms with Gasteiger partial charge in [-0.2, -0.15) is 0 Å². The Morgan fingerprint density at radius 2 is 1.93 bits per heavy atom. The third-order valence-electron chi connectivity index (χ3n) is 6.27. The zero-order valence-electron chi connectivity index (χ0n) is 14.8. The first-order valence-corrected chi connectivity index (χ1v) is 9.00. The zero-order chi connectivity index (χ0) is 18.3. The van der Waals surface area contributed by atoms with E-state index < -0.39 is 17.3 Å². The van der Waals surface area contributed by atoms with Crippen LogP contribution in [0.2, 0.25) is 0 Å². The number of anilines is 1. The molecule has 3 fully saturated rings. The van der Waals surface area contributed by atoms with Crippen molar-refractivity contribution in [1.29, 1.82) is 0 Å². The number of hydrogen-bond donors (Lipinski definition) is 2. The van der Waals surface area contributed by atoms with Crippen molar-refractivity contribution >= 4 is 29.6 Å². The highest BCUT2D eigenvalue weighted by Crippen LogP contribution is 2.48. The Bertz CT molecular complexity index is 1020. The summed E-state index contributed by atoms with van der Waals surface area (Å²) in [6.45, 7) is 3.29. The van der Waals surface area contributed by atoms with Crippen LogP contribution in [0.3, 0.4) is 0 Å². The van der Waals surface area contributed by atoms with Gasteiger partial charge >= 0.3 is 5.97 Å². The quantitative estimate of drug-likeness (QED) is 0.834. The lowest BCUT2D eigenvalue weighted by molar-refractivity contribution is 0.0694.